The summed E-state index contributed by atoms with van der Waals surface area (Å²) in [6, 6.07) is 23.1. The van der Waals surface area contributed by atoms with E-state index in [-0.39, 0.29) is 12.5 Å². The zero-order valence-electron chi connectivity index (χ0n) is 19.7. The summed E-state index contributed by atoms with van der Waals surface area (Å²) in [6.45, 7) is 7.56. The number of carbonyl (C=O) groups is 1. The van der Waals surface area contributed by atoms with E-state index in [2.05, 4.69) is 19.9 Å². The predicted molar refractivity (Wildman–Crippen MR) is 135 cm³/mol. The first kappa shape index (κ1) is 23.1. The molecule has 0 saturated carbocycles. The largest absolute Gasteiger partial charge is 0.490 e. The van der Waals surface area contributed by atoms with Crippen molar-refractivity contribution in [3.63, 3.8) is 0 Å². The van der Waals surface area contributed by atoms with Crippen molar-refractivity contribution in [3.8, 4) is 17.6 Å². The molecule has 0 N–H and O–H groups in total. The number of hydrogen-bond donors (Lipinski definition) is 0. The van der Waals surface area contributed by atoms with Crippen molar-refractivity contribution in [1.29, 1.82) is 5.26 Å². The summed E-state index contributed by atoms with van der Waals surface area (Å²) in [5.74, 6) is 1.57. The van der Waals surface area contributed by atoms with E-state index >= 15 is 0 Å². The molecule has 0 saturated heterocycles. The fraction of sp³-hybridized carbons (Fsp3) is 0.241. The summed E-state index contributed by atoms with van der Waals surface area (Å²) < 4.78 is 11.9. The maximum Gasteiger partial charge on any atom is 0.259 e. The lowest BCUT2D eigenvalue weighted by molar-refractivity contribution is -0.113. The molecule has 0 aliphatic carbocycles. The van der Waals surface area contributed by atoms with Crippen molar-refractivity contribution in [1.82, 2.24) is 0 Å². The molecule has 3 aromatic carbocycles. The van der Waals surface area contributed by atoms with Crippen LogP contribution in [0.5, 0.6) is 11.5 Å². The molecule has 3 aromatic rings. The van der Waals surface area contributed by atoms with Crippen LogP contribution in [0.4, 0.5) is 5.69 Å². The Kier molecular flexibility index (Phi) is 6.98. The summed E-state index contributed by atoms with van der Waals surface area (Å²) >= 11 is 0. The molecule has 0 fully saturated rings. The van der Waals surface area contributed by atoms with Crippen LogP contribution in [-0.4, -0.2) is 19.1 Å². The fourth-order valence-electron chi connectivity index (χ4n) is 4.07. The number of benzene rings is 3. The van der Waals surface area contributed by atoms with Gasteiger partial charge in [0, 0.05) is 23.2 Å². The molecule has 0 unspecified atom stereocenters. The molecule has 0 bridgehead atoms. The molecule has 1 heterocycles. The summed E-state index contributed by atoms with van der Waals surface area (Å²) in [7, 11) is 0. The van der Waals surface area contributed by atoms with Gasteiger partial charge in [-0.1, -0.05) is 56.3 Å². The van der Waals surface area contributed by atoms with Crippen molar-refractivity contribution in [2.75, 3.05) is 18.1 Å². The van der Waals surface area contributed by atoms with Crippen molar-refractivity contribution in [3.05, 3.63) is 89.0 Å². The monoisotopic (exact) mass is 452 g/mol. The van der Waals surface area contributed by atoms with Crippen LogP contribution < -0.4 is 14.4 Å². The average molecular weight is 453 g/mol. The standard InChI is InChI=1S/C29H28N2O3/c1-4-33-28-16-21(13-14-27(28)34-19-23-10-6-5-9-22(23)17-30)15-25-24-11-7-8-12-26(24)31(29(25)32)18-20(2)3/h5-16,20H,4,18-19H2,1-3H3/b25-15-. The Hall–Kier alpha value is -4.04. The Morgan fingerprint density at radius 1 is 1.00 bits per heavy atom. The van der Waals surface area contributed by atoms with Gasteiger partial charge in [0.05, 0.1) is 23.9 Å². The minimum atomic E-state index is 0.0151. The van der Waals surface area contributed by atoms with Crippen LogP contribution in [0.1, 0.15) is 43.0 Å². The van der Waals surface area contributed by atoms with Gasteiger partial charge in [-0.3, -0.25) is 4.79 Å². The number of amides is 1. The smallest absolute Gasteiger partial charge is 0.259 e. The summed E-state index contributed by atoms with van der Waals surface area (Å²) in [5.41, 5.74) is 4.84. The SMILES string of the molecule is CCOc1cc(/C=C2\C(=O)N(CC(C)C)c3ccccc32)ccc1OCc1ccccc1C#N. The number of carbonyl (C=O) groups excluding carboxylic acids is 1. The Balaban J connectivity index is 1.63. The van der Waals surface area contributed by atoms with E-state index in [0.717, 1.165) is 22.4 Å². The van der Waals surface area contributed by atoms with Gasteiger partial charge in [0.25, 0.3) is 5.91 Å². The first-order chi connectivity index (χ1) is 16.5. The van der Waals surface area contributed by atoms with Gasteiger partial charge in [0.2, 0.25) is 0 Å². The van der Waals surface area contributed by atoms with Crippen LogP contribution >= 0.6 is 0 Å². The maximum absolute atomic E-state index is 13.3. The third-order valence-corrected chi connectivity index (χ3v) is 5.61. The number of fused-ring (bicyclic) bond motifs is 1. The van der Waals surface area contributed by atoms with Gasteiger partial charge in [0.15, 0.2) is 11.5 Å². The van der Waals surface area contributed by atoms with E-state index in [9.17, 15) is 10.1 Å². The molecule has 1 amide bonds. The number of ether oxygens (including phenoxy) is 2. The van der Waals surface area contributed by atoms with Gasteiger partial charge in [-0.05, 0) is 48.7 Å². The molecule has 1 aliphatic heterocycles. The van der Waals surface area contributed by atoms with Crippen LogP contribution in [0.15, 0.2) is 66.7 Å². The van der Waals surface area contributed by atoms with Crippen LogP contribution in [0, 0.1) is 17.2 Å². The Morgan fingerprint density at radius 2 is 1.76 bits per heavy atom. The van der Waals surface area contributed by atoms with Crippen molar-refractivity contribution in [2.45, 2.75) is 27.4 Å². The number of nitrogens with zero attached hydrogens (tertiary/aromatic N) is 2. The first-order valence-electron chi connectivity index (χ1n) is 11.5. The highest BCUT2D eigenvalue weighted by Crippen LogP contribution is 2.39. The number of anilines is 1. The number of nitriles is 1. The second-order valence-electron chi connectivity index (χ2n) is 8.58. The van der Waals surface area contributed by atoms with Crippen molar-refractivity contribution in [2.24, 2.45) is 5.92 Å². The van der Waals surface area contributed by atoms with E-state index in [1.165, 1.54) is 0 Å². The Morgan fingerprint density at radius 3 is 2.53 bits per heavy atom. The molecule has 172 valence electrons. The third kappa shape index (κ3) is 4.82. The third-order valence-electron chi connectivity index (χ3n) is 5.61. The van der Waals surface area contributed by atoms with E-state index in [0.29, 0.717) is 41.7 Å². The zero-order valence-corrected chi connectivity index (χ0v) is 19.7. The molecule has 0 radical (unpaired) electrons. The quantitative estimate of drug-likeness (QED) is 0.389. The molecular formula is C29H28N2O3. The lowest BCUT2D eigenvalue weighted by atomic mass is 10.0. The lowest BCUT2D eigenvalue weighted by Crippen LogP contribution is -2.30. The second kappa shape index (κ2) is 10.3. The minimum Gasteiger partial charge on any atom is -0.490 e. The number of rotatable bonds is 8. The van der Waals surface area contributed by atoms with E-state index in [1.807, 2.05) is 78.6 Å². The molecule has 0 spiro atoms. The molecule has 5 heteroatoms. The fourth-order valence-corrected chi connectivity index (χ4v) is 4.07. The Labute approximate surface area is 200 Å². The molecule has 5 nitrogen and oxygen atoms in total. The van der Waals surface area contributed by atoms with E-state index in [1.54, 1.807) is 6.07 Å². The van der Waals surface area contributed by atoms with Gasteiger partial charge in [-0.2, -0.15) is 5.26 Å². The van der Waals surface area contributed by atoms with E-state index in [4.69, 9.17) is 9.47 Å². The van der Waals surface area contributed by atoms with Crippen LogP contribution in [0.2, 0.25) is 0 Å². The minimum absolute atomic E-state index is 0.0151. The highest BCUT2D eigenvalue weighted by atomic mass is 16.5. The van der Waals surface area contributed by atoms with Crippen molar-refractivity contribution < 1.29 is 14.3 Å². The van der Waals surface area contributed by atoms with Crippen LogP contribution in [0.3, 0.4) is 0 Å². The molecule has 0 atom stereocenters. The highest BCUT2D eigenvalue weighted by Gasteiger charge is 2.32. The summed E-state index contributed by atoms with van der Waals surface area (Å²) in [6.07, 6.45) is 1.92. The van der Waals surface area contributed by atoms with Crippen LogP contribution in [-0.2, 0) is 11.4 Å². The lowest BCUT2D eigenvalue weighted by Gasteiger charge is -2.19. The van der Waals surface area contributed by atoms with Gasteiger partial charge < -0.3 is 14.4 Å². The molecule has 34 heavy (non-hydrogen) atoms. The van der Waals surface area contributed by atoms with Gasteiger partial charge >= 0.3 is 0 Å². The number of hydrogen-bond acceptors (Lipinski definition) is 4. The van der Waals surface area contributed by atoms with E-state index < -0.39 is 0 Å². The normalized spacial score (nSPS) is 13.8. The molecule has 1 aliphatic rings. The summed E-state index contributed by atoms with van der Waals surface area (Å²) in [5, 5.41) is 9.32. The zero-order chi connectivity index (χ0) is 24.1. The molecule has 4 rings (SSSR count). The van der Waals surface area contributed by atoms with Gasteiger partial charge in [-0.15, -0.1) is 0 Å². The summed E-state index contributed by atoms with van der Waals surface area (Å²) in [4.78, 5) is 15.1. The topological polar surface area (TPSA) is 62.6 Å². The Bertz CT molecular complexity index is 1270. The van der Waals surface area contributed by atoms with Gasteiger partial charge in [0.1, 0.15) is 6.61 Å². The number of para-hydroxylation sites is 1. The highest BCUT2D eigenvalue weighted by molar-refractivity contribution is 6.35. The van der Waals surface area contributed by atoms with Crippen molar-refractivity contribution >= 4 is 23.2 Å². The molecular weight excluding hydrogens is 424 g/mol. The average Bonchev–Trinajstić information content (AvgIpc) is 3.09. The second-order valence-corrected chi connectivity index (χ2v) is 8.58. The maximum atomic E-state index is 13.3. The molecule has 0 aromatic heterocycles. The predicted octanol–water partition coefficient (Wildman–Crippen LogP) is 6.08. The van der Waals surface area contributed by atoms with Crippen LogP contribution in [0.25, 0.3) is 11.6 Å². The first-order valence-corrected chi connectivity index (χ1v) is 11.5. The van der Waals surface area contributed by atoms with Gasteiger partial charge in [-0.25, -0.2) is 0 Å².